The van der Waals surface area contributed by atoms with E-state index in [9.17, 15) is 0 Å². The lowest BCUT2D eigenvalue weighted by atomic mass is 10.1. The van der Waals surface area contributed by atoms with Gasteiger partial charge in [0.25, 0.3) is 0 Å². The fourth-order valence-electron chi connectivity index (χ4n) is 5.59. The molecular formula is C36H28Cl2N12S2. The van der Waals surface area contributed by atoms with Crippen molar-refractivity contribution in [2.45, 2.75) is 37.0 Å². The maximum absolute atomic E-state index is 6.44. The van der Waals surface area contributed by atoms with Crippen LogP contribution in [0.5, 0.6) is 0 Å². The van der Waals surface area contributed by atoms with E-state index in [0.29, 0.717) is 45.9 Å². The van der Waals surface area contributed by atoms with Gasteiger partial charge >= 0.3 is 0 Å². The lowest BCUT2D eigenvalue weighted by Gasteiger charge is -2.11. The van der Waals surface area contributed by atoms with Gasteiger partial charge in [-0.25, -0.2) is 9.36 Å². The average molecular weight is 764 g/mol. The molecule has 0 unspecified atom stereocenters. The summed E-state index contributed by atoms with van der Waals surface area (Å²) >= 11 is 12.9. The molecular weight excluding hydrogens is 736 g/mol. The molecule has 8 aromatic rings. The van der Waals surface area contributed by atoms with Crippen molar-refractivity contribution in [3.8, 4) is 34.2 Å². The highest BCUT2D eigenvalue weighted by Gasteiger charge is 2.24. The number of tetrazole rings is 2. The standard InChI is InChI=1S/C36H28Cl2N12S2/c1-23-7-3-9-25(15-23)21-47-43-33(41-45-47)31-19-39-49(29-13-5-11-27(37)17-29)35(31)51-52-36-32(20-40-50(36)30-14-6-12-28(38)18-30)34-42-46-48(44-34)22-26-10-4-8-24(2)16-26/h3-20H,21-22H2,1-2H3. The van der Waals surface area contributed by atoms with Gasteiger partial charge in [0.15, 0.2) is 0 Å². The van der Waals surface area contributed by atoms with Crippen LogP contribution in [0.2, 0.25) is 10.0 Å². The van der Waals surface area contributed by atoms with Gasteiger partial charge in [-0.2, -0.15) is 19.8 Å². The van der Waals surface area contributed by atoms with Gasteiger partial charge in [0.1, 0.15) is 10.1 Å². The van der Waals surface area contributed by atoms with E-state index < -0.39 is 0 Å². The first kappa shape index (κ1) is 33.8. The lowest BCUT2D eigenvalue weighted by Crippen LogP contribution is -2.04. The van der Waals surface area contributed by atoms with Gasteiger partial charge in [-0.15, -0.1) is 20.4 Å². The molecule has 0 saturated carbocycles. The van der Waals surface area contributed by atoms with Gasteiger partial charge in [-0.1, -0.05) is 95.0 Å². The van der Waals surface area contributed by atoms with Gasteiger partial charge in [0.05, 0.1) is 48.0 Å². The Labute approximate surface area is 316 Å². The van der Waals surface area contributed by atoms with Crippen LogP contribution in [0.4, 0.5) is 0 Å². The Morgan fingerprint density at radius 2 is 1.00 bits per heavy atom. The highest BCUT2D eigenvalue weighted by molar-refractivity contribution is 8.76. The molecule has 16 heteroatoms. The second kappa shape index (κ2) is 14.8. The van der Waals surface area contributed by atoms with E-state index in [1.54, 1.807) is 22.0 Å². The first-order valence-corrected chi connectivity index (χ1v) is 19.0. The van der Waals surface area contributed by atoms with E-state index in [1.807, 2.05) is 82.2 Å². The molecule has 0 atom stereocenters. The minimum Gasteiger partial charge on any atom is -0.226 e. The van der Waals surface area contributed by atoms with Crippen LogP contribution < -0.4 is 0 Å². The molecule has 8 rings (SSSR count). The Bertz CT molecular complexity index is 2350. The second-order valence-electron chi connectivity index (χ2n) is 11.9. The molecule has 4 aromatic heterocycles. The number of benzene rings is 4. The lowest BCUT2D eigenvalue weighted by molar-refractivity contribution is 0.572. The predicted molar refractivity (Wildman–Crippen MR) is 203 cm³/mol. The summed E-state index contributed by atoms with van der Waals surface area (Å²) in [5.41, 5.74) is 7.44. The molecule has 4 heterocycles. The van der Waals surface area contributed by atoms with Crippen molar-refractivity contribution >= 4 is 44.8 Å². The zero-order chi connectivity index (χ0) is 35.6. The summed E-state index contributed by atoms with van der Waals surface area (Å²) < 4.78 is 3.63. The Kier molecular flexibility index (Phi) is 9.60. The molecule has 0 aliphatic rings. The summed E-state index contributed by atoms with van der Waals surface area (Å²) in [6.07, 6.45) is 3.48. The summed E-state index contributed by atoms with van der Waals surface area (Å²) in [6, 6.07) is 31.5. The number of rotatable bonds is 11. The molecule has 0 bridgehead atoms. The van der Waals surface area contributed by atoms with Crippen molar-refractivity contribution in [2.75, 3.05) is 0 Å². The molecule has 12 nitrogen and oxygen atoms in total. The molecule has 52 heavy (non-hydrogen) atoms. The molecule has 0 spiro atoms. The van der Waals surface area contributed by atoms with E-state index in [2.05, 4.69) is 58.7 Å². The Balaban J connectivity index is 1.17. The van der Waals surface area contributed by atoms with E-state index >= 15 is 0 Å². The van der Waals surface area contributed by atoms with Gasteiger partial charge < -0.3 is 0 Å². The van der Waals surface area contributed by atoms with Crippen LogP contribution in [-0.4, -0.2) is 60.0 Å². The van der Waals surface area contributed by atoms with E-state index in [1.165, 1.54) is 21.6 Å². The topological polar surface area (TPSA) is 123 Å². The van der Waals surface area contributed by atoms with Crippen LogP contribution in [0.3, 0.4) is 0 Å². The number of hydrogen-bond acceptors (Lipinski definition) is 10. The van der Waals surface area contributed by atoms with E-state index in [0.717, 1.165) is 43.7 Å². The monoisotopic (exact) mass is 762 g/mol. The van der Waals surface area contributed by atoms with Crippen molar-refractivity contribution < 1.29 is 0 Å². The van der Waals surface area contributed by atoms with Crippen LogP contribution in [0.1, 0.15) is 22.3 Å². The molecule has 0 fully saturated rings. The van der Waals surface area contributed by atoms with Crippen molar-refractivity contribution in [2.24, 2.45) is 0 Å². The van der Waals surface area contributed by atoms with Crippen molar-refractivity contribution in [3.05, 3.63) is 142 Å². The fraction of sp³-hybridized carbons (Fsp3) is 0.111. The fourth-order valence-corrected chi connectivity index (χ4v) is 8.46. The molecule has 0 saturated heterocycles. The van der Waals surface area contributed by atoms with Crippen LogP contribution in [0.15, 0.2) is 120 Å². The summed E-state index contributed by atoms with van der Waals surface area (Å²) in [6.45, 7) is 5.08. The first-order valence-electron chi connectivity index (χ1n) is 16.1. The number of aryl methyl sites for hydroxylation is 2. The average Bonchev–Trinajstić information content (AvgIpc) is 3.94. The van der Waals surface area contributed by atoms with Crippen molar-refractivity contribution in [3.63, 3.8) is 0 Å². The van der Waals surface area contributed by atoms with E-state index in [4.69, 9.17) is 43.6 Å². The number of nitrogens with zero attached hydrogens (tertiary/aromatic N) is 12. The summed E-state index contributed by atoms with van der Waals surface area (Å²) in [4.78, 5) is 3.17. The van der Waals surface area contributed by atoms with Crippen molar-refractivity contribution in [1.82, 2.24) is 60.0 Å². The SMILES string of the molecule is Cc1cccc(Cn2nnc(-c3cnn(-c4cccc(Cl)c4)c3SSc3c(-c4nnn(Cc5cccc(C)c5)n4)cnn3-c3cccc(Cl)c3)n2)c1. The van der Waals surface area contributed by atoms with Crippen LogP contribution in [-0.2, 0) is 13.1 Å². The van der Waals surface area contributed by atoms with Crippen LogP contribution in [0, 0.1) is 13.8 Å². The Morgan fingerprint density at radius 1 is 0.558 bits per heavy atom. The Hall–Kier alpha value is -5.28. The minimum atomic E-state index is 0.438. The molecule has 0 N–H and O–H groups in total. The third-order valence-corrected chi connectivity index (χ3v) is 10.8. The van der Waals surface area contributed by atoms with Gasteiger partial charge in [-0.05, 0) is 93.4 Å². The van der Waals surface area contributed by atoms with Crippen LogP contribution >= 0.6 is 44.8 Å². The maximum Gasteiger partial charge on any atom is 0.209 e. The minimum absolute atomic E-state index is 0.438. The summed E-state index contributed by atoms with van der Waals surface area (Å²) in [5, 5.41) is 39.3. The first-order chi connectivity index (χ1) is 25.4. The molecule has 4 aromatic carbocycles. The highest BCUT2D eigenvalue weighted by atomic mass is 35.5. The Morgan fingerprint density at radius 3 is 1.42 bits per heavy atom. The number of hydrogen-bond donors (Lipinski definition) is 0. The second-order valence-corrected chi connectivity index (χ2v) is 14.9. The third-order valence-electron chi connectivity index (χ3n) is 7.96. The normalized spacial score (nSPS) is 11.4. The summed E-state index contributed by atoms with van der Waals surface area (Å²) in [5.74, 6) is 0.877. The molecule has 0 radical (unpaired) electrons. The molecule has 0 aliphatic carbocycles. The van der Waals surface area contributed by atoms with Gasteiger partial charge in [0.2, 0.25) is 11.6 Å². The zero-order valence-electron chi connectivity index (χ0n) is 27.7. The van der Waals surface area contributed by atoms with Gasteiger partial charge in [-0.3, -0.25) is 0 Å². The molecule has 0 aliphatic heterocycles. The van der Waals surface area contributed by atoms with Crippen molar-refractivity contribution in [1.29, 1.82) is 0 Å². The highest BCUT2D eigenvalue weighted by Crippen LogP contribution is 2.46. The summed E-state index contributed by atoms with van der Waals surface area (Å²) in [7, 11) is 2.92. The predicted octanol–water partition coefficient (Wildman–Crippen LogP) is 8.18. The van der Waals surface area contributed by atoms with E-state index in [-0.39, 0.29) is 0 Å². The largest absolute Gasteiger partial charge is 0.226 e. The molecule has 0 amide bonds. The third kappa shape index (κ3) is 7.37. The smallest absolute Gasteiger partial charge is 0.209 e. The zero-order valence-corrected chi connectivity index (χ0v) is 30.9. The van der Waals surface area contributed by atoms with Crippen LogP contribution in [0.25, 0.3) is 34.2 Å². The maximum atomic E-state index is 6.44. The van der Waals surface area contributed by atoms with Gasteiger partial charge in [0, 0.05) is 10.0 Å². The number of halogens is 2. The molecule has 258 valence electrons. The number of aromatic nitrogens is 12. The quantitative estimate of drug-likeness (QED) is 0.119.